The van der Waals surface area contributed by atoms with Crippen LogP contribution in [0.3, 0.4) is 0 Å². The molecular weight excluding hydrogens is 316 g/mol. The van der Waals surface area contributed by atoms with Crippen LogP contribution in [-0.4, -0.2) is 30.3 Å². The van der Waals surface area contributed by atoms with Crippen LogP contribution in [0.2, 0.25) is 0 Å². The van der Waals surface area contributed by atoms with E-state index < -0.39 is 0 Å². The number of urea groups is 1. The minimum Gasteiger partial charge on any atom is -0.359 e. The van der Waals surface area contributed by atoms with E-state index in [1.165, 1.54) is 18.4 Å². The molecule has 1 saturated carbocycles. The Morgan fingerprint density at radius 2 is 2.08 bits per heavy atom. The summed E-state index contributed by atoms with van der Waals surface area (Å²) in [5, 5.41) is 13.4. The zero-order chi connectivity index (χ0) is 17.1. The Morgan fingerprint density at radius 1 is 1.24 bits per heavy atom. The molecule has 3 N–H and O–H groups in total. The average molecular weight is 340 g/mol. The van der Waals surface area contributed by atoms with Crippen LogP contribution in [0.5, 0.6) is 0 Å². The van der Waals surface area contributed by atoms with Crippen LogP contribution in [0, 0.1) is 0 Å². The van der Waals surface area contributed by atoms with Crippen molar-refractivity contribution in [2.45, 2.75) is 43.7 Å². The average Bonchev–Trinajstić information content (AvgIpc) is 3.39. The molecule has 0 bridgehead atoms. The van der Waals surface area contributed by atoms with Crippen molar-refractivity contribution < 1.29 is 9.32 Å². The molecule has 1 aliphatic carbocycles. The monoisotopic (exact) mass is 340 g/mol. The third-order valence-corrected chi connectivity index (χ3v) is 5.02. The smallest absolute Gasteiger partial charge is 0.315 e. The molecule has 132 valence electrons. The van der Waals surface area contributed by atoms with E-state index in [0.717, 1.165) is 25.2 Å². The van der Waals surface area contributed by atoms with Gasteiger partial charge in [0.05, 0.1) is 12.2 Å². The second-order valence-electron chi connectivity index (χ2n) is 6.94. The molecule has 25 heavy (non-hydrogen) atoms. The Morgan fingerprint density at radius 3 is 2.88 bits per heavy atom. The van der Waals surface area contributed by atoms with Crippen molar-refractivity contribution in [2.75, 3.05) is 13.1 Å². The highest BCUT2D eigenvalue weighted by Gasteiger charge is 2.28. The van der Waals surface area contributed by atoms with Gasteiger partial charge in [-0.05, 0) is 31.4 Å². The summed E-state index contributed by atoms with van der Waals surface area (Å²) in [4.78, 5) is 12.3. The summed E-state index contributed by atoms with van der Waals surface area (Å²) in [6.45, 7) is 2.12. The topological polar surface area (TPSA) is 79.2 Å². The van der Waals surface area contributed by atoms with E-state index >= 15 is 0 Å². The SMILES string of the molecule is O=C(NCc1cc(C2CC2)no1)N[C@@H]1CNCC[C@@H]1c1ccccc1. The molecule has 6 nitrogen and oxygen atoms in total. The second kappa shape index (κ2) is 7.27. The van der Waals surface area contributed by atoms with Crippen LogP contribution in [-0.2, 0) is 6.54 Å². The Bertz CT molecular complexity index is 711. The van der Waals surface area contributed by atoms with E-state index in [2.05, 4.69) is 45.4 Å². The maximum Gasteiger partial charge on any atom is 0.315 e. The van der Waals surface area contributed by atoms with Crippen LogP contribution in [0.25, 0.3) is 0 Å². The summed E-state index contributed by atoms with van der Waals surface area (Å²) in [5.41, 5.74) is 2.29. The number of carbonyl (C=O) groups is 1. The zero-order valence-corrected chi connectivity index (χ0v) is 14.2. The van der Waals surface area contributed by atoms with E-state index in [0.29, 0.717) is 24.1 Å². The molecule has 2 atom stereocenters. The van der Waals surface area contributed by atoms with Gasteiger partial charge in [0.15, 0.2) is 5.76 Å². The highest BCUT2D eigenvalue weighted by atomic mass is 16.5. The molecule has 1 saturated heterocycles. The van der Waals surface area contributed by atoms with Gasteiger partial charge < -0.3 is 20.5 Å². The van der Waals surface area contributed by atoms with Gasteiger partial charge in [0.25, 0.3) is 0 Å². The highest BCUT2D eigenvalue weighted by Crippen LogP contribution is 2.39. The van der Waals surface area contributed by atoms with Crippen LogP contribution >= 0.6 is 0 Å². The number of carbonyl (C=O) groups excluding carboxylic acids is 1. The van der Waals surface area contributed by atoms with Crippen LogP contribution in [0.15, 0.2) is 40.9 Å². The molecule has 1 aliphatic heterocycles. The van der Waals surface area contributed by atoms with Gasteiger partial charge in [0.1, 0.15) is 0 Å². The van der Waals surface area contributed by atoms with Gasteiger partial charge in [0.2, 0.25) is 0 Å². The summed E-state index contributed by atoms with van der Waals surface area (Å²) < 4.78 is 5.29. The Hall–Kier alpha value is -2.34. The summed E-state index contributed by atoms with van der Waals surface area (Å²) in [6, 6.07) is 12.3. The third-order valence-electron chi connectivity index (χ3n) is 5.02. The Labute approximate surface area is 147 Å². The number of hydrogen-bond donors (Lipinski definition) is 3. The minimum atomic E-state index is -0.168. The molecule has 1 aromatic heterocycles. The number of hydrogen-bond acceptors (Lipinski definition) is 4. The van der Waals surface area contributed by atoms with Crippen molar-refractivity contribution in [3.8, 4) is 0 Å². The van der Waals surface area contributed by atoms with Crippen LogP contribution in [0.4, 0.5) is 4.79 Å². The summed E-state index contributed by atoms with van der Waals surface area (Å²) >= 11 is 0. The van der Waals surface area contributed by atoms with E-state index in [4.69, 9.17) is 4.52 Å². The van der Waals surface area contributed by atoms with Crippen molar-refractivity contribution in [3.05, 3.63) is 53.4 Å². The van der Waals surface area contributed by atoms with Gasteiger partial charge in [-0.1, -0.05) is 35.5 Å². The number of piperidine rings is 1. The normalized spacial score (nSPS) is 23.2. The second-order valence-corrected chi connectivity index (χ2v) is 6.94. The fourth-order valence-corrected chi connectivity index (χ4v) is 3.48. The number of benzene rings is 1. The van der Waals surface area contributed by atoms with Crippen molar-refractivity contribution >= 4 is 6.03 Å². The van der Waals surface area contributed by atoms with E-state index in [1.807, 2.05) is 12.1 Å². The van der Waals surface area contributed by atoms with E-state index in [1.54, 1.807) is 0 Å². The molecule has 2 heterocycles. The predicted octanol–water partition coefficient (Wildman–Crippen LogP) is 2.50. The van der Waals surface area contributed by atoms with Gasteiger partial charge in [-0.2, -0.15) is 0 Å². The van der Waals surface area contributed by atoms with Gasteiger partial charge >= 0.3 is 6.03 Å². The fourth-order valence-electron chi connectivity index (χ4n) is 3.48. The fraction of sp³-hybridized carbons (Fsp3) is 0.474. The summed E-state index contributed by atoms with van der Waals surface area (Å²) in [7, 11) is 0. The molecule has 2 amide bonds. The quantitative estimate of drug-likeness (QED) is 0.781. The summed E-state index contributed by atoms with van der Waals surface area (Å²) in [6.07, 6.45) is 3.40. The molecule has 0 spiro atoms. The standard InChI is InChI=1S/C19H24N4O2/c24-19(21-11-15-10-17(23-25-15)14-6-7-14)22-18-12-20-9-8-16(18)13-4-2-1-3-5-13/h1-5,10,14,16,18,20H,6-9,11-12H2,(H2,21,22,24)/t16-,18-/m1/s1. The molecule has 2 aliphatic rings. The highest BCUT2D eigenvalue weighted by molar-refractivity contribution is 5.74. The first-order valence-electron chi connectivity index (χ1n) is 9.05. The van der Waals surface area contributed by atoms with Gasteiger partial charge in [-0.15, -0.1) is 0 Å². The van der Waals surface area contributed by atoms with Crippen molar-refractivity contribution in [3.63, 3.8) is 0 Å². The first-order valence-corrected chi connectivity index (χ1v) is 9.05. The van der Waals surface area contributed by atoms with E-state index in [-0.39, 0.29) is 12.1 Å². The van der Waals surface area contributed by atoms with Gasteiger partial charge in [-0.3, -0.25) is 0 Å². The maximum absolute atomic E-state index is 12.3. The zero-order valence-electron chi connectivity index (χ0n) is 14.2. The molecular formula is C19H24N4O2. The van der Waals surface area contributed by atoms with Crippen LogP contribution < -0.4 is 16.0 Å². The minimum absolute atomic E-state index is 0.0768. The lowest BCUT2D eigenvalue weighted by Crippen LogP contribution is -2.52. The first kappa shape index (κ1) is 16.1. The number of nitrogens with zero attached hydrogens (tertiary/aromatic N) is 1. The lowest BCUT2D eigenvalue weighted by atomic mass is 9.86. The van der Waals surface area contributed by atoms with Crippen molar-refractivity contribution in [1.82, 2.24) is 21.1 Å². The molecule has 0 unspecified atom stereocenters. The van der Waals surface area contributed by atoms with Gasteiger partial charge in [0, 0.05) is 30.5 Å². The Kier molecular flexibility index (Phi) is 4.70. The number of aromatic nitrogens is 1. The number of nitrogens with one attached hydrogen (secondary N) is 3. The van der Waals surface area contributed by atoms with Crippen molar-refractivity contribution in [2.24, 2.45) is 0 Å². The van der Waals surface area contributed by atoms with Crippen molar-refractivity contribution in [1.29, 1.82) is 0 Å². The summed E-state index contributed by atoms with van der Waals surface area (Å²) in [5.74, 6) is 1.60. The van der Waals surface area contributed by atoms with E-state index in [9.17, 15) is 4.79 Å². The van der Waals surface area contributed by atoms with Gasteiger partial charge in [-0.25, -0.2) is 4.79 Å². The Balaban J connectivity index is 1.32. The lowest BCUT2D eigenvalue weighted by molar-refractivity contribution is 0.228. The van der Waals surface area contributed by atoms with Crippen LogP contribution in [0.1, 0.15) is 48.1 Å². The first-order chi connectivity index (χ1) is 12.3. The third kappa shape index (κ3) is 4.02. The largest absolute Gasteiger partial charge is 0.359 e. The number of rotatable bonds is 5. The molecule has 1 aromatic carbocycles. The molecule has 2 fully saturated rings. The molecule has 0 radical (unpaired) electrons. The molecule has 4 rings (SSSR count). The molecule has 6 heteroatoms. The lowest BCUT2D eigenvalue weighted by Gasteiger charge is -2.33. The predicted molar refractivity (Wildman–Crippen MR) is 94.3 cm³/mol. The molecule has 2 aromatic rings. The number of amides is 2. The maximum atomic E-state index is 12.3.